The number of ether oxygens (including phenoxy) is 2. The van der Waals surface area contributed by atoms with Crippen LogP contribution >= 0.6 is 35.4 Å². The van der Waals surface area contributed by atoms with E-state index in [4.69, 9.17) is 44.9 Å². The smallest absolute Gasteiger partial charge is 0.214 e. The van der Waals surface area contributed by atoms with Crippen LogP contribution < -0.4 is 10.0 Å². The lowest BCUT2D eigenvalue weighted by molar-refractivity contribution is -0.169. The Labute approximate surface area is 175 Å². The minimum Gasteiger partial charge on any atom is -0.373 e. The van der Waals surface area contributed by atoms with Crippen molar-refractivity contribution >= 4 is 50.4 Å². The zero-order chi connectivity index (χ0) is 20.2. The quantitative estimate of drug-likeness (QED) is 0.587. The summed E-state index contributed by atoms with van der Waals surface area (Å²) in [5.74, 6) is -1.13. The van der Waals surface area contributed by atoms with Crippen LogP contribution in [0.4, 0.5) is 0 Å². The van der Waals surface area contributed by atoms with Gasteiger partial charge in [0.25, 0.3) is 0 Å². The molecule has 3 unspecified atom stereocenters. The van der Waals surface area contributed by atoms with Crippen LogP contribution in [0.1, 0.15) is 32.3 Å². The van der Waals surface area contributed by atoms with Gasteiger partial charge in [-0.05, 0) is 25.5 Å². The van der Waals surface area contributed by atoms with Crippen LogP contribution in [0.25, 0.3) is 0 Å². The first kappa shape index (κ1) is 22.8. The number of rotatable bonds is 8. The van der Waals surface area contributed by atoms with Gasteiger partial charge in [-0.2, -0.15) is 0 Å². The van der Waals surface area contributed by atoms with E-state index in [2.05, 4.69) is 10.0 Å². The molecule has 10 heteroatoms. The Kier molecular flexibility index (Phi) is 7.89. The van der Waals surface area contributed by atoms with Gasteiger partial charge in [0.05, 0.1) is 41.6 Å². The molecule has 0 bridgehead atoms. The number of benzene rings is 1. The second kappa shape index (κ2) is 9.35. The molecule has 1 aromatic rings. The van der Waals surface area contributed by atoms with Crippen LogP contribution in [0.5, 0.6) is 0 Å². The molecule has 0 amide bonds. The monoisotopic (exact) mass is 454 g/mol. The molecule has 3 atom stereocenters. The molecular weight excluding hydrogens is 431 g/mol. The van der Waals surface area contributed by atoms with Crippen LogP contribution in [0.2, 0.25) is 10.0 Å². The molecule has 2 N–H and O–H groups in total. The third-order valence-corrected chi connectivity index (χ3v) is 5.72. The minimum absolute atomic E-state index is 0.132. The van der Waals surface area contributed by atoms with Crippen LogP contribution in [-0.4, -0.2) is 45.0 Å². The molecule has 1 fully saturated rings. The summed E-state index contributed by atoms with van der Waals surface area (Å²) in [5.41, 5.74) is 0.635. The Balaban J connectivity index is 2.20. The third-order valence-electron chi connectivity index (χ3n) is 4.03. The molecule has 1 aliphatic rings. The van der Waals surface area contributed by atoms with Gasteiger partial charge in [0.15, 0.2) is 0 Å². The third kappa shape index (κ3) is 6.25. The molecule has 27 heavy (non-hydrogen) atoms. The van der Waals surface area contributed by atoms with Gasteiger partial charge in [-0.15, -0.1) is 0 Å². The maximum Gasteiger partial charge on any atom is 0.214 e. The highest BCUT2D eigenvalue weighted by molar-refractivity contribution is 7.88. The maximum absolute atomic E-state index is 11.6. The lowest BCUT2D eigenvalue weighted by atomic mass is 10.0. The number of hydrogen-bond acceptors (Lipinski definition) is 5. The average Bonchev–Trinajstić information content (AvgIpc) is 2.93. The Morgan fingerprint density at radius 3 is 2.67 bits per heavy atom. The van der Waals surface area contributed by atoms with Gasteiger partial charge in [-0.1, -0.05) is 54.8 Å². The first-order valence-electron chi connectivity index (χ1n) is 8.58. The van der Waals surface area contributed by atoms with Gasteiger partial charge < -0.3 is 14.8 Å². The summed E-state index contributed by atoms with van der Waals surface area (Å²) in [6, 6.07) is 4.59. The summed E-state index contributed by atoms with van der Waals surface area (Å²) in [4.78, 5) is 0.374. The van der Waals surface area contributed by atoms with Gasteiger partial charge in [-0.3, -0.25) is 0 Å². The molecule has 1 aromatic carbocycles. The summed E-state index contributed by atoms with van der Waals surface area (Å²) in [6.07, 6.45) is 2.32. The zero-order valence-corrected chi connectivity index (χ0v) is 18.6. The summed E-state index contributed by atoms with van der Waals surface area (Å²) in [5, 5.41) is 4.02. The molecule has 2 rings (SSSR count). The van der Waals surface area contributed by atoms with E-state index in [0.717, 1.165) is 12.7 Å². The number of nitrogens with one attached hydrogen (secondary N) is 2. The minimum atomic E-state index is -3.39. The van der Waals surface area contributed by atoms with Crippen molar-refractivity contribution in [2.45, 2.75) is 44.6 Å². The average molecular weight is 455 g/mol. The molecule has 0 saturated carbocycles. The normalized spacial score (nSPS) is 24.0. The highest BCUT2D eigenvalue weighted by Crippen LogP contribution is 2.38. The molecule has 1 saturated heterocycles. The Hall–Kier alpha value is -0.480. The highest BCUT2D eigenvalue weighted by Gasteiger charge is 2.43. The maximum atomic E-state index is 11.6. The van der Waals surface area contributed by atoms with E-state index in [0.29, 0.717) is 33.6 Å². The number of thiocarbonyl (C=S) groups is 1. The molecular formula is C17H24Cl2N2O4S2. The Bertz CT molecular complexity index is 791. The number of halogens is 2. The van der Waals surface area contributed by atoms with Gasteiger partial charge in [0, 0.05) is 10.6 Å². The molecule has 152 valence electrons. The fraction of sp³-hybridized carbons (Fsp3) is 0.588. The molecule has 6 nitrogen and oxygen atoms in total. The van der Waals surface area contributed by atoms with Gasteiger partial charge in [-0.25, -0.2) is 13.1 Å². The Morgan fingerprint density at radius 2 is 2.15 bits per heavy atom. The fourth-order valence-corrected chi connectivity index (χ4v) is 4.52. The predicted molar refractivity (Wildman–Crippen MR) is 112 cm³/mol. The summed E-state index contributed by atoms with van der Waals surface area (Å²) >= 11 is 17.8. The van der Waals surface area contributed by atoms with Crippen LogP contribution in [0.3, 0.4) is 0 Å². The second-order valence-corrected chi connectivity index (χ2v) is 9.63. The van der Waals surface area contributed by atoms with E-state index in [1.54, 1.807) is 18.2 Å². The van der Waals surface area contributed by atoms with E-state index in [-0.39, 0.29) is 12.6 Å². The predicted octanol–water partition coefficient (Wildman–Crippen LogP) is 3.22. The van der Waals surface area contributed by atoms with E-state index in [1.165, 1.54) is 0 Å². The van der Waals surface area contributed by atoms with E-state index >= 15 is 0 Å². The highest BCUT2D eigenvalue weighted by atomic mass is 35.5. The topological polar surface area (TPSA) is 76.7 Å². The largest absolute Gasteiger partial charge is 0.373 e. The molecule has 0 aliphatic carbocycles. The van der Waals surface area contributed by atoms with Crippen molar-refractivity contribution in [3.8, 4) is 0 Å². The summed E-state index contributed by atoms with van der Waals surface area (Å²) in [6.45, 7) is 4.44. The summed E-state index contributed by atoms with van der Waals surface area (Å²) in [7, 11) is -3.39. The molecule has 0 radical (unpaired) electrons. The van der Waals surface area contributed by atoms with Crippen molar-refractivity contribution in [3.05, 3.63) is 33.8 Å². The first-order chi connectivity index (χ1) is 12.6. The van der Waals surface area contributed by atoms with E-state index in [9.17, 15) is 8.42 Å². The van der Waals surface area contributed by atoms with Crippen molar-refractivity contribution in [1.82, 2.24) is 10.0 Å². The number of hydrogen-bond donors (Lipinski definition) is 2. The first-order valence-corrected chi connectivity index (χ1v) is 11.6. The number of sulfonamides is 1. The van der Waals surface area contributed by atoms with E-state index in [1.807, 2.05) is 13.8 Å². The van der Waals surface area contributed by atoms with Crippen LogP contribution in [0, 0.1) is 0 Å². The lowest BCUT2D eigenvalue weighted by Gasteiger charge is -2.31. The molecule has 1 aliphatic heterocycles. The van der Waals surface area contributed by atoms with Crippen molar-refractivity contribution in [2.75, 3.05) is 19.4 Å². The van der Waals surface area contributed by atoms with Gasteiger partial charge >= 0.3 is 0 Å². The van der Waals surface area contributed by atoms with Crippen molar-refractivity contribution in [1.29, 1.82) is 0 Å². The Morgan fingerprint density at radius 1 is 1.44 bits per heavy atom. The fourth-order valence-electron chi connectivity index (χ4n) is 2.89. The molecule has 0 spiro atoms. The van der Waals surface area contributed by atoms with Gasteiger partial charge in [0.1, 0.15) is 0 Å². The lowest BCUT2D eigenvalue weighted by Crippen LogP contribution is -2.49. The van der Waals surface area contributed by atoms with Crippen LogP contribution in [-0.2, 0) is 25.3 Å². The SMILES string of the molecule is CCCC(NS(C)(=O)=O)C(=S)NCC1(c2ccc(Cl)cc2Cl)OCC(C)O1. The van der Waals surface area contributed by atoms with E-state index < -0.39 is 21.9 Å². The second-order valence-electron chi connectivity index (χ2n) is 6.57. The summed E-state index contributed by atoms with van der Waals surface area (Å²) < 4.78 is 37.7. The zero-order valence-electron chi connectivity index (χ0n) is 15.4. The molecule has 0 aromatic heterocycles. The van der Waals surface area contributed by atoms with Crippen molar-refractivity contribution in [3.63, 3.8) is 0 Å². The molecule has 1 heterocycles. The van der Waals surface area contributed by atoms with Crippen LogP contribution in [0.15, 0.2) is 18.2 Å². The van der Waals surface area contributed by atoms with Gasteiger partial charge in [0.2, 0.25) is 15.8 Å². The van der Waals surface area contributed by atoms with Crippen molar-refractivity contribution in [2.24, 2.45) is 0 Å². The van der Waals surface area contributed by atoms with Crippen molar-refractivity contribution < 1.29 is 17.9 Å². The standard InChI is InChI=1S/C17H24Cl2N2O4S2/c1-4-5-15(21-27(3,22)23)16(26)20-10-17(24-9-11(2)25-17)13-7-6-12(18)8-14(13)19/h6-8,11,15,21H,4-5,9-10H2,1-3H3,(H,20,26).